The van der Waals surface area contributed by atoms with Crippen LogP contribution in [-0.2, 0) is 11.2 Å². The zero-order valence-corrected chi connectivity index (χ0v) is 17.9. The van der Waals surface area contributed by atoms with E-state index in [1.165, 1.54) is 24.0 Å². The second-order valence-electron chi connectivity index (χ2n) is 7.66. The Kier molecular flexibility index (Phi) is 8.87. The quantitative estimate of drug-likeness (QED) is 0.561. The zero-order chi connectivity index (χ0) is 21.2. The molecule has 1 atom stereocenters. The Morgan fingerprint density at radius 3 is 2.38 bits per heavy atom. The molecule has 0 aliphatic rings. The molecular formula is C24H33N3O2. The maximum atomic E-state index is 12.4. The lowest BCUT2D eigenvalue weighted by molar-refractivity contribution is -0.115. The van der Waals surface area contributed by atoms with Crippen LogP contribution in [0.4, 0.5) is 5.69 Å². The zero-order valence-electron chi connectivity index (χ0n) is 17.9. The van der Waals surface area contributed by atoms with E-state index in [-0.39, 0.29) is 24.4 Å². The molecule has 29 heavy (non-hydrogen) atoms. The van der Waals surface area contributed by atoms with E-state index >= 15 is 0 Å². The number of rotatable bonds is 10. The van der Waals surface area contributed by atoms with Crippen LogP contribution in [0.5, 0.6) is 0 Å². The first-order chi connectivity index (χ1) is 13.9. The van der Waals surface area contributed by atoms with Gasteiger partial charge >= 0.3 is 0 Å². The Morgan fingerprint density at radius 1 is 1.03 bits per heavy atom. The van der Waals surface area contributed by atoms with Gasteiger partial charge in [-0.15, -0.1) is 0 Å². The van der Waals surface area contributed by atoms with Crippen molar-refractivity contribution in [2.24, 2.45) is 5.92 Å². The summed E-state index contributed by atoms with van der Waals surface area (Å²) in [5.74, 6) is 0.0339. The smallest absolute Gasteiger partial charge is 0.251 e. The van der Waals surface area contributed by atoms with Gasteiger partial charge in [-0.05, 0) is 48.1 Å². The van der Waals surface area contributed by atoms with Crippen molar-refractivity contribution in [3.05, 3.63) is 65.2 Å². The lowest BCUT2D eigenvalue weighted by atomic mass is 9.94. The van der Waals surface area contributed by atoms with Crippen molar-refractivity contribution < 1.29 is 9.59 Å². The summed E-state index contributed by atoms with van der Waals surface area (Å²) in [4.78, 5) is 24.2. The van der Waals surface area contributed by atoms with Crippen molar-refractivity contribution in [1.82, 2.24) is 10.6 Å². The monoisotopic (exact) mass is 395 g/mol. The minimum Gasteiger partial charge on any atom is -0.355 e. The number of aryl methyl sites for hydroxylation is 1. The van der Waals surface area contributed by atoms with Crippen LogP contribution in [0.2, 0.25) is 0 Å². The summed E-state index contributed by atoms with van der Waals surface area (Å²) in [5.41, 5.74) is 3.67. The summed E-state index contributed by atoms with van der Waals surface area (Å²) in [6.45, 7) is 6.69. The molecule has 2 rings (SSSR count). The molecule has 0 fully saturated rings. The second kappa shape index (κ2) is 11.4. The van der Waals surface area contributed by atoms with Crippen LogP contribution < -0.4 is 16.0 Å². The molecule has 2 amide bonds. The van der Waals surface area contributed by atoms with Crippen molar-refractivity contribution in [2.75, 3.05) is 18.9 Å². The van der Waals surface area contributed by atoms with Gasteiger partial charge < -0.3 is 16.0 Å². The fourth-order valence-corrected chi connectivity index (χ4v) is 3.30. The highest BCUT2D eigenvalue weighted by atomic mass is 16.2. The van der Waals surface area contributed by atoms with Crippen LogP contribution in [-0.4, -0.2) is 25.4 Å². The van der Waals surface area contributed by atoms with Gasteiger partial charge in [0.15, 0.2) is 0 Å². The molecule has 0 spiro atoms. The van der Waals surface area contributed by atoms with E-state index in [9.17, 15) is 9.59 Å². The summed E-state index contributed by atoms with van der Waals surface area (Å²) < 4.78 is 0. The summed E-state index contributed by atoms with van der Waals surface area (Å²) in [5, 5.41) is 8.82. The Balaban J connectivity index is 1.96. The van der Waals surface area contributed by atoms with Gasteiger partial charge in [-0.25, -0.2) is 0 Å². The average Bonchev–Trinajstić information content (AvgIpc) is 2.72. The van der Waals surface area contributed by atoms with E-state index in [0.717, 1.165) is 6.42 Å². The maximum Gasteiger partial charge on any atom is 0.251 e. The largest absolute Gasteiger partial charge is 0.355 e. The van der Waals surface area contributed by atoms with E-state index in [1.54, 1.807) is 31.3 Å². The van der Waals surface area contributed by atoms with Crippen molar-refractivity contribution in [3.63, 3.8) is 0 Å². The molecule has 5 nitrogen and oxygen atoms in total. The molecule has 0 aliphatic heterocycles. The van der Waals surface area contributed by atoms with Gasteiger partial charge in [0.25, 0.3) is 5.91 Å². The van der Waals surface area contributed by atoms with Crippen molar-refractivity contribution in [3.8, 4) is 0 Å². The lowest BCUT2D eigenvalue weighted by Gasteiger charge is -2.23. The van der Waals surface area contributed by atoms with Gasteiger partial charge in [-0.2, -0.15) is 0 Å². The van der Waals surface area contributed by atoms with Crippen LogP contribution in [0.3, 0.4) is 0 Å². The normalized spacial score (nSPS) is 11.9. The number of amides is 2. The van der Waals surface area contributed by atoms with E-state index < -0.39 is 0 Å². The molecule has 0 heterocycles. The second-order valence-corrected chi connectivity index (χ2v) is 7.66. The molecule has 0 bridgehead atoms. The first kappa shape index (κ1) is 22.6. The van der Waals surface area contributed by atoms with E-state index in [4.69, 9.17) is 0 Å². The number of anilines is 1. The number of hydrogen-bond donors (Lipinski definition) is 3. The third kappa shape index (κ3) is 7.02. The topological polar surface area (TPSA) is 70.2 Å². The number of hydrogen-bond acceptors (Lipinski definition) is 3. The Morgan fingerprint density at radius 2 is 1.76 bits per heavy atom. The van der Waals surface area contributed by atoms with Crippen molar-refractivity contribution in [1.29, 1.82) is 0 Å². The van der Waals surface area contributed by atoms with E-state index in [2.05, 4.69) is 61.0 Å². The van der Waals surface area contributed by atoms with Gasteiger partial charge in [0.1, 0.15) is 0 Å². The van der Waals surface area contributed by atoms with Crippen molar-refractivity contribution >= 4 is 17.5 Å². The van der Waals surface area contributed by atoms with E-state index in [1.807, 2.05) is 0 Å². The summed E-state index contributed by atoms with van der Waals surface area (Å²) in [7, 11) is 1.58. The van der Waals surface area contributed by atoms with Gasteiger partial charge in [0, 0.05) is 24.3 Å². The van der Waals surface area contributed by atoms with Gasteiger partial charge in [0.05, 0.1) is 6.54 Å². The lowest BCUT2D eigenvalue weighted by Crippen LogP contribution is -2.33. The third-order valence-electron chi connectivity index (χ3n) is 4.94. The van der Waals surface area contributed by atoms with Crippen LogP contribution in [0.1, 0.15) is 61.1 Å². The molecule has 0 saturated carbocycles. The van der Waals surface area contributed by atoms with Crippen LogP contribution in [0.15, 0.2) is 48.5 Å². The van der Waals surface area contributed by atoms with Crippen LogP contribution >= 0.6 is 0 Å². The SMILES string of the molecule is CCCCc1ccc([C@@H](NCC(=O)Nc2cccc(C(=O)NC)c2)C(C)C)cc1. The third-order valence-corrected chi connectivity index (χ3v) is 4.94. The van der Waals surface area contributed by atoms with Crippen LogP contribution in [0.25, 0.3) is 0 Å². The number of benzene rings is 2. The van der Waals surface area contributed by atoms with Gasteiger partial charge in [-0.1, -0.05) is 57.5 Å². The molecule has 3 N–H and O–H groups in total. The Labute approximate surface area is 174 Å². The summed E-state index contributed by atoms with van der Waals surface area (Å²) >= 11 is 0. The minimum absolute atomic E-state index is 0.0955. The van der Waals surface area contributed by atoms with Crippen LogP contribution in [0, 0.1) is 5.92 Å². The highest BCUT2D eigenvalue weighted by Crippen LogP contribution is 2.22. The first-order valence-electron chi connectivity index (χ1n) is 10.4. The average molecular weight is 396 g/mol. The summed E-state index contributed by atoms with van der Waals surface area (Å²) in [6.07, 6.45) is 3.50. The molecule has 2 aromatic rings. The number of carbonyl (C=O) groups excluding carboxylic acids is 2. The van der Waals surface area contributed by atoms with E-state index in [0.29, 0.717) is 17.2 Å². The number of unbranched alkanes of at least 4 members (excludes halogenated alkanes) is 1. The molecule has 0 aliphatic carbocycles. The highest BCUT2D eigenvalue weighted by Gasteiger charge is 2.17. The fraction of sp³-hybridized carbons (Fsp3) is 0.417. The molecule has 5 heteroatoms. The Hall–Kier alpha value is -2.66. The molecule has 0 unspecified atom stereocenters. The number of carbonyl (C=O) groups is 2. The molecule has 0 radical (unpaired) electrons. The first-order valence-corrected chi connectivity index (χ1v) is 10.4. The van der Waals surface area contributed by atoms with Gasteiger partial charge in [0.2, 0.25) is 5.91 Å². The Bertz CT molecular complexity index is 800. The highest BCUT2D eigenvalue weighted by molar-refractivity contribution is 5.97. The molecule has 0 saturated heterocycles. The van der Waals surface area contributed by atoms with Crippen molar-refractivity contribution in [2.45, 2.75) is 46.1 Å². The minimum atomic E-state index is -0.179. The standard InChI is InChI=1S/C24H33N3O2/c1-5-6-8-18-11-13-19(14-12-18)23(17(2)3)26-16-22(28)27-21-10-7-9-20(15-21)24(29)25-4/h7,9-15,17,23,26H,5-6,8,16H2,1-4H3,(H,25,29)(H,27,28)/t23-/m0/s1. The predicted octanol–water partition coefficient (Wildman–Crippen LogP) is 4.31. The van der Waals surface area contributed by atoms with Gasteiger partial charge in [-0.3, -0.25) is 9.59 Å². The molecule has 0 aromatic heterocycles. The molecule has 156 valence electrons. The molecule has 2 aromatic carbocycles. The summed E-state index contributed by atoms with van der Waals surface area (Å²) in [6, 6.07) is 15.7. The maximum absolute atomic E-state index is 12.4. The molecular weight excluding hydrogens is 362 g/mol. The fourth-order valence-electron chi connectivity index (χ4n) is 3.30. The number of nitrogens with one attached hydrogen (secondary N) is 3. The predicted molar refractivity (Wildman–Crippen MR) is 119 cm³/mol.